The molecule has 29 heavy (non-hydrogen) atoms. The smallest absolute Gasteiger partial charge is 0.229 e. The Labute approximate surface area is 175 Å². The number of nitrogens with one attached hydrogen (secondary N) is 1. The topological polar surface area (TPSA) is 63.5 Å². The molecule has 1 amide bonds. The molecule has 2 aromatic heterocycles. The molecule has 2 heterocycles. The van der Waals surface area contributed by atoms with E-state index in [-0.39, 0.29) is 11.7 Å². The zero-order chi connectivity index (χ0) is 21.3. The van der Waals surface area contributed by atoms with Crippen molar-refractivity contribution >= 4 is 40.7 Å². The van der Waals surface area contributed by atoms with Crippen molar-refractivity contribution in [1.29, 1.82) is 0 Å². The van der Waals surface area contributed by atoms with Gasteiger partial charge in [0.15, 0.2) is 11.4 Å². The molecule has 3 rings (SSSR count). The Kier molecular flexibility index (Phi) is 5.62. The highest BCUT2D eigenvalue weighted by Crippen LogP contribution is 2.28. The average Bonchev–Trinajstić information content (AvgIpc) is 2.95. The molecule has 0 spiro atoms. The number of rotatable bonds is 4. The molecule has 0 saturated heterocycles. The predicted octanol–water partition coefficient (Wildman–Crippen LogP) is 5.49. The summed E-state index contributed by atoms with van der Waals surface area (Å²) in [5.41, 5.74) is 3.27. The highest BCUT2D eigenvalue weighted by molar-refractivity contribution is 6.32. The summed E-state index contributed by atoms with van der Waals surface area (Å²) in [4.78, 5) is 30.2. The number of carbonyl (C=O) groups excluding carboxylic acids is 2. The maximum Gasteiger partial charge on any atom is 0.229 e. The van der Waals surface area contributed by atoms with E-state index in [4.69, 9.17) is 11.6 Å². The van der Waals surface area contributed by atoms with Crippen LogP contribution in [0.2, 0.25) is 5.02 Å². The number of hydrogen-bond acceptors (Lipinski definition) is 3. The van der Waals surface area contributed by atoms with Crippen molar-refractivity contribution in [2.75, 3.05) is 5.32 Å². The summed E-state index contributed by atoms with van der Waals surface area (Å²) in [6.45, 7) is 9.32. The Bertz CT molecular complexity index is 1140. The van der Waals surface area contributed by atoms with E-state index in [1.165, 1.54) is 6.08 Å². The second-order valence-electron chi connectivity index (χ2n) is 8.00. The standard InChI is InChI=1S/C23H24ClN3O2/c1-14-15(2)27-13-12-17(19(28)11-10-16-8-6-7-9-18(16)24)20(21(27)25-14)26-22(29)23(3,4)5/h6-13H,1-5H3,(H,26,29)/b11-10+. The molecule has 6 heteroatoms. The fraction of sp³-hybridized carbons (Fsp3) is 0.261. The number of aromatic nitrogens is 2. The van der Waals surface area contributed by atoms with Crippen molar-refractivity contribution in [2.24, 2.45) is 5.41 Å². The van der Waals surface area contributed by atoms with Crippen LogP contribution in [0.1, 0.15) is 48.1 Å². The zero-order valence-corrected chi connectivity index (χ0v) is 18.0. The summed E-state index contributed by atoms with van der Waals surface area (Å²) < 4.78 is 1.88. The number of carbonyl (C=O) groups is 2. The lowest BCUT2D eigenvalue weighted by molar-refractivity contribution is -0.123. The van der Waals surface area contributed by atoms with E-state index in [1.807, 2.05) is 57.2 Å². The Hall–Kier alpha value is -2.92. The third kappa shape index (κ3) is 4.25. The Morgan fingerprint density at radius 3 is 2.48 bits per heavy atom. The third-order valence-electron chi connectivity index (χ3n) is 4.77. The number of aryl methyl sites for hydroxylation is 2. The van der Waals surface area contributed by atoms with Crippen LogP contribution in [-0.2, 0) is 4.79 Å². The fourth-order valence-electron chi connectivity index (χ4n) is 2.83. The summed E-state index contributed by atoms with van der Waals surface area (Å²) in [6, 6.07) is 8.99. The molecule has 0 aliphatic heterocycles. The molecular weight excluding hydrogens is 386 g/mol. The number of amides is 1. The first-order valence-electron chi connectivity index (χ1n) is 9.36. The van der Waals surface area contributed by atoms with E-state index in [9.17, 15) is 9.59 Å². The maximum atomic E-state index is 13.0. The number of ketones is 1. The van der Waals surface area contributed by atoms with Crippen LogP contribution in [-0.4, -0.2) is 21.1 Å². The quantitative estimate of drug-likeness (QED) is 0.458. The molecule has 0 aliphatic rings. The molecular formula is C23H24ClN3O2. The first-order chi connectivity index (χ1) is 13.6. The number of allylic oxidation sites excluding steroid dienone is 1. The van der Waals surface area contributed by atoms with Crippen LogP contribution >= 0.6 is 11.6 Å². The number of imidazole rings is 1. The lowest BCUT2D eigenvalue weighted by atomic mass is 9.95. The Morgan fingerprint density at radius 2 is 1.83 bits per heavy atom. The number of fused-ring (bicyclic) bond motifs is 1. The van der Waals surface area contributed by atoms with Crippen LogP contribution in [0.15, 0.2) is 42.6 Å². The maximum absolute atomic E-state index is 13.0. The normalized spacial score (nSPS) is 11.9. The van der Waals surface area contributed by atoms with Gasteiger partial charge in [-0.2, -0.15) is 0 Å². The molecule has 0 fully saturated rings. The summed E-state index contributed by atoms with van der Waals surface area (Å²) >= 11 is 6.17. The highest BCUT2D eigenvalue weighted by Gasteiger charge is 2.25. The second-order valence-corrected chi connectivity index (χ2v) is 8.41. The van der Waals surface area contributed by atoms with E-state index in [2.05, 4.69) is 10.3 Å². The van der Waals surface area contributed by atoms with Crippen molar-refractivity contribution in [3.8, 4) is 0 Å². The van der Waals surface area contributed by atoms with E-state index in [1.54, 1.807) is 24.4 Å². The van der Waals surface area contributed by atoms with Crippen molar-refractivity contribution in [1.82, 2.24) is 9.38 Å². The van der Waals surface area contributed by atoms with Gasteiger partial charge in [-0.3, -0.25) is 9.59 Å². The SMILES string of the molecule is Cc1nc2c(NC(=O)C(C)(C)C)c(C(=O)/C=C/c3ccccc3Cl)ccn2c1C. The monoisotopic (exact) mass is 409 g/mol. The molecule has 0 bridgehead atoms. The molecule has 3 aromatic rings. The Balaban J connectivity index is 2.09. The minimum Gasteiger partial charge on any atom is -0.322 e. The van der Waals surface area contributed by atoms with Gasteiger partial charge in [0.2, 0.25) is 5.91 Å². The zero-order valence-electron chi connectivity index (χ0n) is 17.2. The van der Waals surface area contributed by atoms with Gasteiger partial charge in [0.25, 0.3) is 0 Å². The van der Waals surface area contributed by atoms with Gasteiger partial charge in [-0.15, -0.1) is 0 Å². The van der Waals surface area contributed by atoms with Crippen LogP contribution in [0.25, 0.3) is 11.7 Å². The van der Waals surface area contributed by atoms with Gasteiger partial charge in [0, 0.05) is 22.3 Å². The number of benzene rings is 1. The number of nitrogens with zero attached hydrogens (tertiary/aromatic N) is 2. The van der Waals surface area contributed by atoms with Gasteiger partial charge in [0.05, 0.1) is 16.9 Å². The van der Waals surface area contributed by atoms with Gasteiger partial charge in [-0.1, -0.05) is 50.6 Å². The van der Waals surface area contributed by atoms with E-state index >= 15 is 0 Å². The first kappa shape index (κ1) is 20.8. The second kappa shape index (κ2) is 7.84. The fourth-order valence-corrected chi connectivity index (χ4v) is 3.03. The van der Waals surface area contributed by atoms with Crippen LogP contribution in [0.3, 0.4) is 0 Å². The summed E-state index contributed by atoms with van der Waals surface area (Å²) in [7, 11) is 0. The van der Waals surface area contributed by atoms with E-state index < -0.39 is 5.41 Å². The minimum absolute atomic E-state index is 0.187. The number of halogens is 1. The molecule has 5 nitrogen and oxygen atoms in total. The van der Waals surface area contributed by atoms with Gasteiger partial charge in [-0.25, -0.2) is 4.98 Å². The van der Waals surface area contributed by atoms with Gasteiger partial charge in [0.1, 0.15) is 0 Å². The number of hydrogen-bond donors (Lipinski definition) is 1. The molecule has 0 aliphatic carbocycles. The van der Waals surface area contributed by atoms with Crippen LogP contribution in [0.5, 0.6) is 0 Å². The highest BCUT2D eigenvalue weighted by atomic mass is 35.5. The number of anilines is 1. The third-order valence-corrected chi connectivity index (χ3v) is 5.12. The summed E-state index contributed by atoms with van der Waals surface area (Å²) in [5.74, 6) is -0.428. The number of pyridine rings is 1. The van der Waals surface area contributed by atoms with Crippen molar-refractivity contribution in [2.45, 2.75) is 34.6 Å². The lowest BCUT2D eigenvalue weighted by Crippen LogP contribution is -2.28. The molecule has 0 atom stereocenters. The minimum atomic E-state index is -0.614. The largest absolute Gasteiger partial charge is 0.322 e. The molecule has 0 saturated carbocycles. The molecule has 1 N–H and O–H groups in total. The van der Waals surface area contributed by atoms with Crippen molar-refractivity contribution < 1.29 is 9.59 Å². The lowest BCUT2D eigenvalue weighted by Gasteiger charge is -2.19. The van der Waals surface area contributed by atoms with Crippen molar-refractivity contribution in [3.63, 3.8) is 0 Å². The van der Waals surface area contributed by atoms with E-state index in [0.717, 1.165) is 17.0 Å². The van der Waals surface area contributed by atoms with Crippen LogP contribution in [0.4, 0.5) is 5.69 Å². The Morgan fingerprint density at radius 1 is 1.14 bits per heavy atom. The van der Waals surface area contributed by atoms with Gasteiger partial charge >= 0.3 is 0 Å². The first-order valence-corrected chi connectivity index (χ1v) is 9.74. The predicted molar refractivity (Wildman–Crippen MR) is 118 cm³/mol. The molecule has 0 unspecified atom stereocenters. The molecule has 150 valence electrons. The van der Waals surface area contributed by atoms with Crippen LogP contribution in [0, 0.1) is 19.3 Å². The van der Waals surface area contributed by atoms with Crippen molar-refractivity contribution in [3.05, 3.63) is 70.1 Å². The summed E-state index contributed by atoms with van der Waals surface area (Å²) in [5, 5.41) is 3.48. The molecule has 1 aromatic carbocycles. The van der Waals surface area contributed by atoms with E-state index in [0.29, 0.717) is 21.9 Å². The van der Waals surface area contributed by atoms with Crippen LogP contribution < -0.4 is 5.32 Å². The molecule has 0 radical (unpaired) electrons. The van der Waals surface area contributed by atoms with Gasteiger partial charge in [-0.05, 0) is 43.7 Å². The van der Waals surface area contributed by atoms with Gasteiger partial charge < -0.3 is 9.72 Å². The summed E-state index contributed by atoms with van der Waals surface area (Å²) in [6.07, 6.45) is 4.93. The average molecular weight is 410 g/mol.